The van der Waals surface area contributed by atoms with Crippen LogP contribution in [-0.2, 0) is 10.1 Å². The standard InChI is InChI=1S/C12H13BrO2/c1-2-9(7-12(14)15)11-6-4-3-5-10(11)8-13/h3-7H,2,8H2,1H3,(H,14,15)/b9-7+. The molecule has 0 aliphatic heterocycles. The topological polar surface area (TPSA) is 37.3 Å². The molecule has 0 aromatic heterocycles. The second kappa shape index (κ2) is 5.71. The van der Waals surface area contributed by atoms with Crippen molar-refractivity contribution in [2.24, 2.45) is 0 Å². The molecule has 0 atom stereocenters. The zero-order chi connectivity index (χ0) is 11.3. The van der Waals surface area contributed by atoms with Crippen LogP contribution in [0.1, 0.15) is 24.5 Å². The van der Waals surface area contributed by atoms with Crippen LogP contribution in [-0.4, -0.2) is 11.1 Å². The molecule has 1 rings (SSSR count). The molecule has 2 nitrogen and oxygen atoms in total. The van der Waals surface area contributed by atoms with Crippen molar-refractivity contribution in [2.75, 3.05) is 0 Å². The van der Waals surface area contributed by atoms with Gasteiger partial charge in [-0.3, -0.25) is 0 Å². The van der Waals surface area contributed by atoms with Crippen LogP contribution in [0.3, 0.4) is 0 Å². The fourth-order valence-electron chi connectivity index (χ4n) is 1.47. The fraction of sp³-hybridized carbons (Fsp3) is 0.250. The lowest BCUT2D eigenvalue weighted by molar-refractivity contribution is -0.131. The van der Waals surface area contributed by atoms with Crippen molar-refractivity contribution in [3.05, 3.63) is 41.5 Å². The minimum atomic E-state index is -0.892. The smallest absolute Gasteiger partial charge is 0.328 e. The van der Waals surface area contributed by atoms with Crippen LogP contribution in [0.15, 0.2) is 30.3 Å². The van der Waals surface area contributed by atoms with E-state index in [1.54, 1.807) is 0 Å². The van der Waals surface area contributed by atoms with Gasteiger partial charge >= 0.3 is 5.97 Å². The van der Waals surface area contributed by atoms with Gasteiger partial charge in [-0.25, -0.2) is 4.79 Å². The van der Waals surface area contributed by atoms with Crippen LogP contribution in [0.4, 0.5) is 0 Å². The minimum absolute atomic E-state index is 0.719. The average Bonchev–Trinajstić information content (AvgIpc) is 2.25. The lowest BCUT2D eigenvalue weighted by atomic mass is 9.98. The van der Waals surface area contributed by atoms with Gasteiger partial charge in [0.25, 0.3) is 0 Å². The fourth-order valence-corrected chi connectivity index (χ4v) is 1.96. The molecule has 0 radical (unpaired) electrons. The molecule has 0 bridgehead atoms. The number of alkyl halides is 1. The predicted octanol–water partition coefficient (Wildman–Crippen LogP) is 3.46. The Morgan fingerprint density at radius 2 is 2.13 bits per heavy atom. The highest BCUT2D eigenvalue weighted by Crippen LogP contribution is 2.23. The maximum Gasteiger partial charge on any atom is 0.328 e. The molecule has 0 spiro atoms. The number of rotatable bonds is 4. The van der Waals surface area contributed by atoms with Gasteiger partial charge in [0.15, 0.2) is 0 Å². The van der Waals surface area contributed by atoms with Gasteiger partial charge in [0, 0.05) is 11.4 Å². The van der Waals surface area contributed by atoms with Gasteiger partial charge in [0.05, 0.1) is 0 Å². The number of carboxylic acids is 1. The first-order valence-corrected chi connectivity index (χ1v) is 5.89. The zero-order valence-electron chi connectivity index (χ0n) is 8.53. The third-order valence-corrected chi connectivity index (χ3v) is 2.79. The largest absolute Gasteiger partial charge is 0.478 e. The number of allylic oxidation sites excluding steroid dienone is 1. The number of benzene rings is 1. The van der Waals surface area contributed by atoms with Crippen molar-refractivity contribution in [3.63, 3.8) is 0 Å². The summed E-state index contributed by atoms with van der Waals surface area (Å²) >= 11 is 3.40. The summed E-state index contributed by atoms with van der Waals surface area (Å²) in [6, 6.07) is 7.82. The Kier molecular flexibility index (Phi) is 4.56. The normalized spacial score (nSPS) is 11.5. The van der Waals surface area contributed by atoms with Crippen LogP contribution in [0.2, 0.25) is 0 Å². The van der Waals surface area contributed by atoms with E-state index in [0.717, 1.165) is 28.5 Å². The number of aliphatic carboxylic acids is 1. The number of carbonyl (C=O) groups is 1. The second-order valence-electron chi connectivity index (χ2n) is 3.15. The van der Waals surface area contributed by atoms with Crippen molar-refractivity contribution in [1.29, 1.82) is 0 Å². The number of carboxylic acid groups (broad SMARTS) is 1. The lowest BCUT2D eigenvalue weighted by Gasteiger charge is -2.08. The summed E-state index contributed by atoms with van der Waals surface area (Å²) in [7, 11) is 0. The highest BCUT2D eigenvalue weighted by atomic mass is 79.9. The van der Waals surface area contributed by atoms with E-state index in [4.69, 9.17) is 5.11 Å². The van der Waals surface area contributed by atoms with Gasteiger partial charge in [-0.15, -0.1) is 0 Å². The Labute approximate surface area is 97.8 Å². The molecule has 15 heavy (non-hydrogen) atoms. The van der Waals surface area contributed by atoms with Crippen LogP contribution < -0.4 is 0 Å². The summed E-state index contributed by atoms with van der Waals surface area (Å²) < 4.78 is 0. The van der Waals surface area contributed by atoms with E-state index in [9.17, 15) is 4.79 Å². The average molecular weight is 269 g/mol. The maximum absolute atomic E-state index is 10.7. The van der Waals surface area contributed by atoms with Gasteiger partial charge < -0.3 is 5.11 Å². The highest BCUT2D eigenvalue weighted by molar-refractivity contribution is 9.08. The van der Waals surface area contributed by atoms with Crippen molar-refractivity contribution in [3.8, 4) is 0 Å². The molecule has 3 heteroatoms. The first kappa shape index (κ1) is 12.0. The van der Waals surface area contributed by atoms with Crippen molar-refractivity contribution < 1.29 is 9.90 Å². The molecule has 1 N–H and O–H groups in total. The highest BCUT2D eigenvalue weighted by Gasteiger charge is 2.06. The zero-order valence-corrected chi connectivity index (χ0v) is 10.1. The lowest BCUT2D eigenvalue weighted by Crippen LogP contribution is -1.95. The van der Waals surface area contributed by atoms with E-state index in [1.807, 2.05) is 31.2 Å². The number of hydrogen-bond donors (Lipinski definition) is 1. The van der Waals surface area contributed by atoms with E-state index in [1.165, 1.54) is 6.08 Å². The molecule has 0 aliphatic carbocycles. The van der Waals surface area contributed by atoms with E-state index in [0.29, 0.717) is 0 Å². The molecule has 1 aromatic carbocycles. The van der Waals surface area contributed by atoms with Crippen molar-refractivity contribution in [1.82, 2.24) is 0 Å². The molecule has 0 saturated carbocycles. The van der Waals surface area contributed by atoms with Gasteiger partial charge in [0.2, 0.25) is 0 Å². The third-order valence-electron chi connectivity index (χ3n) is 2.19. The van der Waals surface area contributed by atoms with Gasteiger partial charge in [-0.1, -0.05) is 47.1 Å². The summed E-state index contributed by atoms with van der Waals surface area (Å²) in [5, 5.41) is 9.49. The first-order chi connectivity index (χ1) is 7.19. The van der Waals surface area contributed by atoms with Gasteiger partial charge in [0.1, 0.15) is 0 Å². The molecular formula is C12H13BrO2. The van der Waals surface area contributed by atoms with Crippen LogP contribution in [0.5, 0.6) is 0 Å². The molecule has 0 aliphatic rings. The molecule has 0 saturated heterocycles. The van der Waals surface area contributed by atoms with Crippen LogP contribution in [0.25, 0.3) is 5.57 Å². The maximum atomic E-state index is 10.7. The number of halogens is 1. The predicted molar refractivity (Wildman–Crippen MR) is 65.0 cm³/mol. The molecule has 0 unspecified atom stereocenters. The minimum Gasteiger partial charge on any atom is -0.478 e. The van der Waals surface area contributed by atoms with Gasteiger partial charge in [-0.05, 0) is 23.1 Å². The molecule has 0 heterocycles. The third kappa shape index (κ3) is 3.20. The van der Waals surface area contributed by atoms with Crippen molar-refractivity contribution in [2.45, 2.75) is 18.7 Å². The van der Waals surface area contributed by atoms with E-state index < -0.39 is 5.97 Å². The molecule has 0 fully saturated rings. The van der Waals surface area contributed by atoms with E-state index in [-0.39, 0.29) is 0 Å². The summed E-state index contributed by atoms with van der Waals surface area (Å²) in [4.78, 5) is 10.7. The Morgan fingerprint density at radius 3 is 2.67 bits per heavy atom. The first-order valence-electron chi connectivity index (χ1n) is 4.76. The second-order valence-corrected chi connectivity index (χ2v) is 3.71. The Bertz CT molecular complexity index is 383. The Balaban J connectivity index is 3.17. The SMILES string of the molecule is CC/C(=C\C(=O)O)c1ccccc1CBr. The van der Waals surface area contributed by atoms with Gasteiger partial charge in [-0.2, -0.15) is 0 Å². The summed E-state index contributed by atoms with van der Waals surface area (Å²) in [5.74, 6) is -0.892. The molecule has 1 aromatic rings. The quantitative estimate of drug-likeness (QED) is 0.671. The molecular weight excluding hydrogens is 256 g/mol. The summed E-state index contributed by atoms with van der Waals surface area (Å²) in [6.07, 6.45) is 2.00. The number of hydrogen-bond acceptors (Lipinski definition) is 1. The van der Waals surface area contributed by atoms with E-state index >= 15 is 0 Å². The van der Waals surface area contributed by atoms with Crippen LogP contribution >= 0.6 is 15.9 Å². The van der Waals surface area contributed by atoms with E-state index in [2.05, 4.69) is 15.9 Å². The monoisotopic (exact) mass is 268 g/mol. The molecule has 0 amide bonds. The summed E-state index contributed by atoms with van der Waals surface area (Å²) in [5.41, 5.74) is 2.99. The Hall–Kier alpha value is -1.09. The summed E-state index contributed by atoms with van der Waals surface area (Å²) in [6.45, 7) is 1.96. The van der Waals surface area contributed by atoms with Crippen molar-refractivity contribution >= 4 is 27.5 Å². The van der Waals surface area contributed by atoms with Crippen LogP contribution in [0, 0.1) is 0 Å². The molecule has 80 valence electrons. The Morgan fingerprint density at radius 1 is 1.47 bits per heavy atom.